The van der Waals surface area contributed by atoms with Crippen LogP contribution in [0.15, 0.2) is 24.3 Å². The van der Waals surface area contributed by atoms with Crippen molar-refractivity contribution in [3.05, 3.63) is 29.8 Å². The number of benzene rings is 1. The van der Waals surface area contributed by atoms with Crippen LogP contribution in [0.4, 0.5) is 0 Å². The minimum Gasteiger partial charge on any atom is -0.408 e. The Morgan fingerprint density at radius 2 is 1.30 bits per heavy atom. The number of ether oxygens (including phenoxy) is 1. The van der Waals surface area contributed by atoms with Crippen LogP contribution >= 0.6 is 0 Å². The fourth-order valence-electron chi connectivity index (χ4n) is 3.21. The van der Waals surface area contributed by atoms with E-state index < -0.39 is 8.07 Å². The minimum absolute atomic E-state index is 0.636. The predicted molar refractivity (Wildman–Crippen MR) is 90.6 cm³/mol. The van der Waals surface area contributed by atoms with Crippen LogP contribution in [0.5, 0.6) is 5.75 Å². The van der Waals surface area contributed by atoms with E-state index in [1.807, 2.05) is 12.1 Å². The van der Waals surface area contributed by atoms with Gasteiger partial charge >= 0.3 is 0 Å². The number of hydrogen-bond acceptors (Lipinski definition) is 1. The Hall–Kier alpha value is -1.20. The SMILES string of the molecule is Cc1ccc(OC#C[Si](C(C)C)(C(C)C)C(C)C)cc1. The number of aryl methyl sites for hydroxylation is 1. The second-order valence-corrected chi connectivity index (χ2v) is 12.1. The molecule has 110 valence electrons. The van der Waals surface area contributed by atoms with E-state index in [4.69, 9.17) is 4.74 Å². The van der Waals surface area contributed by atoms with Crippen molar-refractivity contribution in [2.24, 2.45) is 0 Å². The standard InChI is InChI=1S/C18H28OSi/c1-14(2)20(15(3)4,16(5)6)13-12-19-18-10-8-17(7)9-11-18/h8-11,14-16H,1-7H3. The van der Waals surface area contributed by atoms with Crippen molar-refractivity contribution in [1.29, 1.82) is 0 Å². The number of rotatable bonds is 4. The van der Waals surface area contributed by atoms with Crippen LogP contribution in [-0.2, 0) is 0 Å². The highest BCUT2D eigenvalue weighted by atomic mass is 28.3. The zero-order valence-electron chi connectivity index (χ0n) is 13.9. The Morgan fingerprint density at radius 3 is 1.70 bits per heavy atom. The molecule has 1 nitrogen and oxygen atoms in total. The lowest BCUT2D eigenvalue weighted by Gasteiger charge is -2.37. The lowest BCUT2D eigenvalue weighted by molar-refractivity contribution is 0.519. The van der Waals surface area contributed by atoms with Crippen LogP contribution in [0, 0.1) is 18.6 Å². The van der Waals surface area contributed by atoms with Gasteiger partial charge in [0.2, 0.25) is 0 Å². The van der Waals surface area contributed by atoms with Gasteiger partial charge < -0.3 is 4.74 Å². The van der Waals surface area contributed by atoms with Gasteiger partial charge in [-0.15, -0.1) is 0 Å². The topological polar surface area (TPSA) is 9.23 Å². The van der Waals surface area contributed by atoms with Crippen molar-refractivity contribution in [2.75, 3.05) is 0 Å². The summed E-state index contributed by atoms with van der Waals surface area (Å²) in [5, 5.41) is 0. The van der Waals surface area contributed by atoms with E-state index in [9.17, 15) is 0 Å². The molecule has 0 aliphatic heterocycles. The maximum atomic E-state index is 5.64. The maximum absolute atomic E-state index is 5.64. The fourth-order valence-corrected chi connectivity index (χ4v) is 8.31. The first-order chi connectivity index (χ1) is 9.30. The molecule has 0 unspecified atom stereocenters. The molecule has 0 radical (unpaired) electrons. The maximum Gasteiger partial charge on any atom is 0.150 e. The molecule has 20 heavy (non-hydrogen) atoms. The van der Waals surface area contributed by atoms with Gasteiger partial charge in [-0.1, -0.05) is 64.8 Å². The molecule has 0 aliphatic rings. The summed E-state index contributed by atoms with van der Waals surface area (Å²) in [6, 6.07) is 8.06. The van der Waals surface area contributed by atoms with Gasteiger partial charge in [0.05, 0.1) is 0 Å². The third-order valence-corrected chi connectivity index (χ3v) is 10.6. The van der Waals surface area contributed by atoms with E-state index in [-0.39, 0.29) is 0 Å². The molecule has 0 saturated carbocycles. The highest BCUT2D eigenvalue weighted by Gasteiger charge is 2.42. The summed E-state index contributed by atoms with van der Waals surface area (Å²) in [4.78, 5) is 0. The van der Waals surface area contributed by atoms with Crippen LogP contribution in [0.25, 0.3) is 0 Å². The Labute approximate surface area is 125 Å². The molecule has 0 fully saturated rings. The lowest BCUT2D eigenvalue weighted by Crippen LogP contribution is -2.43. The highest BCUT2D eigenvalue weighted by molar-refractivity contribution is 6.90. The van der Waals surface area contributed by atoms with Crippen LogP contribution < -0.4 is 4.74 Å². The van der Waals surface area contributed by atoms with Gasteiger partial charge in [-0.2, -0.15) is 0 Å². The molecule has 0 aromatic heterocycles. The largest absolute Gasteiger partial charge is 0.408 e. The smallest absolute Gasteiger partial charge is 0.150 e. The fraction of sp³-hybridized carbons (Fsp3) is 0.556. The molecule has 0 saturated heterocycles. The summed E-state index contributed by atoms with van der Waals surface area (Å²) < 4.78 is 5.64. The van der Waals surface area contributed by atoms with Crippen molar-refractivity contribution >= 4 is 8.07 Å². The normalized spacial score (nSPS) is 11.7. The molecule has 1 aromatic carbocycles. The molecule has 0 N–H and O–H groups in total. The molecule has 0 heterocycles. The Balaban J connectivity index is 2.97. The van der Waals surface area contributed by atoms with E-state index in [1.165, 1.54) is 5.56 Å². The summed E-state index contributed by atoms with van der Waals surface area (Å²) in [7, 11) is -1.68. The van der Waals surface area contributed by atoms with E-state index in [0.717, 1.165) is 5.75 Å². The Bertz CT molecular complexity index is 453. The van der Waals surface area contributed by atoms with Crippen molar-refractivity contribution in [2.45, 2.75) is 65.1 Å². The first-order valence-electron chi connectivity index (χ1n) is 7.56. The molecule has 0 amide bonds. The molecule has 1 rings (SSSR count). The van der Waals surface area contributed by atoms with E-state index in [1.54, 1.807) is 0 Å². The predicted octanol–water partition coefficient (Wildman–Crippen LogP) is 5.55. The second-order valence-electron chi connectivity index (χ2n) is 6.54. The third kappa shape index (κ3) is 3.67. The molecule has 0 bridgehead atoms. The van der Waals surface area contributed by atoms with Gasteiger partial charge in [0, 0.05) is 0 Å². The van der Waals surface area contributed by atoms with Gasteiger partial charge in [0.15, 0.2) is 8.07 Å². The second kappa shape index (κ2) is 6.99. The van der Waals surface area contributed by atoms with Gasteiger partial charge in [0.25, 0.3) is 0 Å². The minimum atomic E-state index is -1.68. The highest BCUT2D eigenvalue weighted by Crippen LogP contribution is 2.40. The van der Waals surface area contributed by atoms with Crippen molar-refractivity contribution in [1.82, 2.24) is 0 Å². The van der Waals surface area contributed by atoms with Crippen LogP contribution in [0.2, 0.25) is 16.6 Å². The summed E-state index contributed by atoms with van der Waals surface area (Å²) in [5.74, 6) is 0.835. The molecule has 0 atom stereocenters. The first kappa shape index (κ1) is 16.9. The van der Waals surface area contributed by atoms with E-state index >= 15 is 0 Å². The first-order valence-corrected chi connectivity index (χ1v) is 9.79. The quantitative estimate of drug-likeness (QED) is 0.521. The molecule has 0 aliphatic carbocycles. The Morgan fingerprint density at radius 1 is 0.850 bits per heavy atom. The summed E-state index contributed by atoms with van der Waals surface area (Å²) in [6.07, 6.45) is 3.02. The molecular weight excluding hydrogens is 260 g/mol. The molecule has 1 aromatic rings. The summed E-state index contributed by atoms with van der Waals surface area (Å²) >= 11 is 0. The third-order valence-electron chi connectivity index (χ3n) is 4.32. The summed E-state index contributed by atoms with van der Waals surface area (Å²) in [6.45, 7) is 15.9. The zero-order valence-corrected chi connectivity index (χ0v) is 14.9. The van der Waals surface area contributed by atoms with Crippen LogP contribution in [-0.4, -0.2) is 8.07 Å². The van der Waals surface area contributed by atoms with Crippen LogP contribution in [0.1, 0.15) is 47.1 Å². The van der Waals surface area contributed by atoms with Gasteiger partial charge in [-0.05, 0) is 35.7 Å². The van der Waals surface area contributed by atoms with Gasteiger partial charge in [0.1, 0.15) is 11.9 Å². The average molecular weight is 289 g/mol. The zero-order chi connectivity index (χ0) is 15.3. The monoisotopic (exact) mass is 288 g/mol. The average Bonchev–Trinajstić information content (AvgIpc) is 2.35. The van der Waals surface area contributed by atoms with Crippen molar-refractivity contribution < 1.29 is 4.74 Å². The molecule has 0 spiro atoms. The molecule has 2 heteroatoms. The van der Waals surface area contributed by atoms with E-state index in [2.05, 4.69) is 72.2 Å². The van der Waals surface area contributed by atoms with Crippen molar-refractivity contribution in [3.8, 4) is 17.4 Å². The summed E-state index contributed by atoms with van der Waals surface area (Å²) in [5.41, 5.74) is 6.71. The lowest BCUT2D eigenvalue weighted by atomic mass is 10.2. The van der Waals surface area contributed by atoms with Gasteiger partial charge in [-0.25, -0.2) is 0 Å². The number of hydrogen-bond donors (Lipinski definition) is 0. The van der Waals surface area contributed by atoms with Crippen molar-refractivity contribution in [3.63, 3.8) is 0 Å². The molecular formula is C18H28OSi. The Kier molecular flexibility index (Phi) is 5.89. The van der Waals surface area contributed by atoms with Crippen LogP contribution in [0.3, 0.4) is 0 Å². The van der Waals surface area contributed by atoms with Gasteiger partial charge in [-0.3, -0.25) is 0 Å². The van der Waals surface area contributed by atoms with E-state index in [0.29, 0.717) is 16.6 Å².